The van der Waals surface area contributed by atoms with Gasteiger partial charge in [0, 0.05) is 24.2 Å². The number of rotatable bonds is 4. The van der Waals surface area contributed by atoms with Gasteiger partial charge in [-0.3, -0.25) is 0 Å². The molecule has 0 amide bonds. The van der Waals surface area contributed by atoms with Crippen molar-refractivity contribution < 1.29 is 13.2 Å². The minimum atomic E-state index is -4.33. The highest BCUT2D eigenvalue weighted by molar-refractivity contribution is 7.09. The summed E-state index contributed by atoms with van der Waals surface area (Å²) in [6, 6.07) is 5.24. The second-order valence-electron chi connectivity index (χ2n) is 4.11. The van der Waals surface area contributed by atoms with Crippen LogP contribution in [0.1, 0.15) is 29.1 Å². The van der Waals surface area contributed by atoms with Gasteiger partial charge in [-0.1, -0.05) is 18.2 Å². The molecule has 102 valence electrons. The minimum Gasteiger partial charge on any atom is -0.304 e. The maximum atomic E-state index is 12.9. The Morgan fingerprint density at radius 2 is 2.05 bits per heavy atom. The van der Waals surface area contributed by atoms with E-state index in [1.165, 1.54) is 23.5 Å². The van der Waals surface area contributed by atoms with Gasteiger partial charge in [-0.2, -0.15) is 13.2 Å². The van der Waals surface area contributed by atoms with Crippen LogP contribution in [0.25, 0.3) is 0 Å². The van der Waals surface area contributed by atoms with E-state index in [1.54, 1.807) is 19.2 Å². The first kappa shape index (κ1) is 14.0. The molecular weight excluding hydrogens is 273 g/mol. The summed E-state index contributed by atoms with van der Waals surface area (Å²) < 4.78 is 38.7. The van der Waals surface area contributed by atoms with Crippen LogP contribution in [0.15, 0.2) is 35.8 Å². The lowest BCUT2D eigenvalue weighted by atomic mass is 10.0. The van der Waals surface area contributed by atoms with Crippen LogP contribution in [0.4, 0.5) is 13.2 Å². The molecule has 0 fully saturated rings. The third-order valence-electron chi connectivity index (χ3n) is 2.78. The van der Waals surface area contributed by atoms with Crippen LogP contribution in [0, 0.1) is 0 Å². The largest absolute Gasteiger partial charge is 0.416 e. The van der Waals surface area contributed by atoms with E-state index in [0.717, 1.165) is 11.1 Å². The summed E-state index contributed by atoms with van der Waals surface area (Å²) >= 11 is 1.47. The minimum absolute atomic E-state index is 0.256. The summed E-state index contributed by atoms with van der Waals surface area (Å²) in [6.07, 6.45) is -2.65. The Morgan fingerprint density at radius 3 is 2.68 bits per heavy atom. The second-order valence-corrected chi connectivity index (χ2v) is 5.09. The zero-order chi connectivity index (χ0) is 13.9. The van der Waals surface area contributed by atoms with Crippen molar-refractivity contribution in [1.82, 2.24) is 10.3 Å². The van der Waals surface area contributed by atoms with Gasteiger partial charge < -0.3 is 5.32 Å². The quantitative estimate of drug-likeness (QED) is 0.918. The fourth-order valence-corrected chi connectivity index (χ4v) is 2.39. The van der Waals surface area contributed by atoms with Crippen molar-refractivity contribution in [3.05, 3.63) is 52.0 Å². The molecule has 0 spiro atoms. The highest BCUT2D eigenvalue weighted by Crippen LogP contribution is 2.34. The fraction of sp³-hybridized carbons (Fsp3) is 0.308. The number of nitrogens with zero attached hydrogens (tertiary/aromatic N) is 1. The van der Waals surface area contributed by atoms with E-state index in [-0.39, 0.29) is 11.6 Å². The Balaban J connectivity index is 2.12. The highest BCUT2D eigenvalue weighted by atomic mass is 32.1. The van der Waals surface area contributed by atoms with Gasteiger partial charge in [-0.15, -0.1) is 11.3 Å². The van der Waals surface area contributed by atoms with Crippen LogP contribution in [-0.4, -0.2) is 4.98 Å². The lowest BCUT2D eigenvalue weighted by Gasteiger charge is -2.19. The van der Waals surface area contributed by atoms with Crippen LogP contribution < -0.4 is 5.32 Å². The van der Waals surface area contributed by atoms with Crippen molar-refractivity contribution in [2.24, 2.45) is 0 Å². The topological polar surface area (TPSA) is 24.9 Å². The van der Waals surface area contributed by atoms with Crippen molar-refractivity contribution in [2.75, 3.05) is 0 Å². The molecule has 2 aromatic rings. The Morgan fingerprint density at radius 1 is 1.32 bits per heavy atom. The molecule has 1 atom stereocenters. The number of nitrogens with one attached hydrogen (secondary N) is 1. The third kappa shape index (κ3) is 3.54. The van der Waals surface area contributed by atoms with E-state index in [9.17, 15) is 13.2 Å². The number of alkyl halides is 3. The molecule has 6 heteroatoms. The average Bonchev–Trinajstić information content (AvgIpc) is 2.88. The normalized spacial score (nSPS) is 13.5. The van der Waals surface area contributed by atoms with Crippen molar-refractivity contribution >= 4 is 11.3 Å². The molecule has 0 radical (unpaired) electrons. The predicted octanol–water partition coefficient (Wildman–Crippen LogP) is 4.01. The molecule has 1 aromatic heterocycles. The average molecular weight is 286 g/mol. The molecule has 0 bridgehead atoms. The Kier molecular flexibility index (Phi) is 4.21. The molecule has 0 aliphatic rings. The van der Waals surface area contributed by atoms with Gasteiger partial charge in [0.25, 0.3) is 0 Å². The van der Waals surface area contributed by atoms with E-state index in [0.29, 0.717) is 6.54 Å². The lowest BCUT2D eigenvalue weighted by Crippen LogP contribution is -2.21. The molecule has 19 heavy (non-hydrogen) atoms. The first-order valence-corrected chi connectivity index (χ1v) is 6.64. The van der Waals surface area contributed by atoms with Crippen LogP contribution in [0.5, 0.6) is 0 Å². The number of benzene rings is 1. The van der Waals surface area contributed by atoms with Crippen LogP contribution in [-0.2, 0) is 12.7 Å². The monoisotopic (exact) mass is 286 g/mol. The van der Waals surface area contributed by atoms with Gasteiger partial charge in [0.05, 0.1) is 5.56 Å². The first-order valence-electron chi connectivity index (χ1n) is 5.76. The van der Waals surface area contributed by atoms with Gasteiger partial charge in [0.15, 0.2) is 0 Å². The molecule has 1 aromatic carbocycles. The van der Waals surface area contributed by atoms with Crippen LogP contribution in [0.2, 0.25) is 0 Å². The molecule has 2 nitrogen and oxygen atoms in total. The number of halogens is 3. The van der Waals surface area contributed by atoms with Crippen molar-refractivity contribution in [3.63, 3.8) is 0 Å². The van der Waals surface area contributed by atoms with E-state index in [2.05, 4.69) is 10.3 Å². The van der Waals surface area contributed by atoms with Crippen molar-refractivity contribution in [2.45, 2.75) is 25.7 Å². The Bertz CT molecular complexity index is 523. The van der Waals surface area contributed by atoms with Crippen LogP contribution >= 0.6 is 11.3 Å². The zero-order valence-electron chi connectivity index (χ0n) is 10.2. The SMILES string of the molecule is CC(NCc1nccs1)c1ccccc1C(F)(F)F. The standard InChI is InChI=1S/C13H13F3N2S/c1-9(18-8-12-17-6-7-19-12)10-4-2-3-5-11(10)13(14,15)16/h2-7,9,18H,8H2,1H3. The number of hydrogen-bond acceptors (Lipinski definition) is 3. The number of aromatic nitrogens is 1. The zero-order valence-corrected chi connectivity index (χ0v) is 11.1. The second kappa shape index (κ2) is 5.71. The van der Waals surface area contributed by atoms with Crippen LogP contribution in [0.3, 0.4) is 0 Å². The molecule has 2 rings (SSSR count). The van der Waals surface area contributed by atoms with E-state index in [4.69, 9.17) is 0 Å². The molecule has 1 unspecified atom stereocenters. The molecule has 0 aliphatic carbocycles. The summed E-state index contributed by atoms with van der Waals surface area (Å²) in [5.41, 5.74) is -0.333. The number of hydrogen-bond donors (Lipinski definition) is 1. The summed E-state index contributed by atoms with van der Waals surface area (Å²) in [6.45, 7) is 2.18. The van der Waals surface area contributed by atoms with Gasteiger partial charge in [-0.25, -0.2) is 4.98 Å². The van der Waals surface area contributed by atoms with Crippen molar-refractivity contribution in [3.8, 4) is 0 Å². The molecule has 1 N–H and O–H groups in total. The van der Waals surface area contributed by atoms with Gasteiger partial charge >= 0.3 is 6.18 Å². The summed E-state index contributed by atoms with van der Waals surface area (Å²) in [5.74, 6) is 0. The summed E-state index contributed by atoms with van der Waals surface area (Å²) in [7, 11) is 0. The fourth-order valence-electron chi connectivity index (χ4n) is 1.82. The molecule has 1 heterocycles. The predicted molar refractivity (Wildman–Crippen MR) is 68.8 cm³/mol. The van der Waals surface area contributed by atoms with E-state index >= 15 is 0 Å². The van der Waals surface area contributed by atoms with Gasteiger partial charge in [0.2, 0.25) is 0 Å². The number of thiazole rings is 1. The Labute approximate surface area is 113 Å². The molecule has 0 saturated heterocycles. The molecule has 0 saturated carbocycles. The molecule has 0 aliphatic heterocycles. The van der Waals surface area contributed by atoms with Crippen molar-refractivity contribution in [1.29, 1.82) is 0 Å². The smallest absolute Gasteiger partial charge is 0.304 e. The molecular formula is C13H13F3N2S. The summed E-state index contributed by atoms with van der Waals surface area (Å²) in [5, 5.41) is 5.76. The maximum Gasteiger partial charge on any atom is 0.416 e. The first-order chi connectivity index (χ1) is 8.98. The third-order valence-corrected chi connectivity index (χ3v) is 3.56. The van der Waals surface area contributed by atoms with Gasteiger partial charge in [-0.05, 0) is 18.6 Å². The Hall–Kier alpha value is -1.40. The summed E-state index contributed by atoms with van der Waals surface area (Å²) in [4.78, 5) is 4.09. The maximum absolute atomic E-state index is 12.9. The van der Waals surface area contributed by atoms with E-state index in [1.807, 2.05) is 5.38 Å². The highest BCUT2D eigenvalue weighted by Gasteiger charge is 2.33. The lowest BCUT2D eigenvalue weighted by molar-refractivity contribution is -0.138. The van der Waals surface area contributed by atoms with Gasteiger partial charge in [0.1, 0.15) is 5.01 Å². The van der Waals surface area contributed by atoms with E-state index < -0.39 is 11.7 Å².